The van der Waals surface area contributed by atoms with Crippen molar-refractivity contribution in [3.8, 4) is 0 Å². The van der Waals surface area contributed by atoms with Crippen LogP contribution in [0.25, 0.3) is 21.7 Å². The number of likely N-dealkylation sites (tertiary alicyclic amines) is 1. The lowest BCUT2D eigenvalue weighted by Crippen LogP contribution is -2.34. The molecular weight excluding hydrogens is 397 g/mol. The van der Waals surface area contributed by atoms with E-state index in [9.17, 15) is 14.0 Å². The molecule has 31 heavy (non-hydrogen) atoms. The van der Waals surface area contributed by atoms with E-state index in [4.69, 9.17) is 0 Å². The van der Waals surface area contributed by atoms with Gasteiger partial charge in [0.25, 0.3) is 5.56 Å². The number of aryl methyl sites for hydroxylation is 1. The topological polar surface area (TPSA) is 72.2 Å². The molecule has 0 atom stereocenters. The monoisotopic (exact) mass is 419 g/mol. The van der Waals surface area contributed by atoms with Crippen LogP contribution in [0.5, 0.6) is 0 Å². The summed E-state index contributed by atoms with van der Waals surface area (Å²) in [6, 6.07) is 10.5. The second kappa shape index (κ2) is 7.54. The zero-order chi connectivity index (χ0) is 21.5. The molecule has 0 spiro atoms. The maximum atomic E-state index is 14.6. The molecule has 1 fully saturated rings. The summed E-state index contributed by atoms with van der Waals surface area (Å²) in [4.78, 5) is 27.6. The molecule has 7 nitrogen and oxygen atoms in total. The van der Waals surface area contributed by atoms with Crippen molar-refractivity contribution in [2.75, 3.05) is 18.4 Å². The van der Waals surface area contributed by atoms with Gasteiger partial charge >= 0.3 is 0 Å². The molecule has 2 aromatic carbocycles. The van der Waals surface area contributed by atoms with Gasteiger partial charge in [0.2, 0.25) is 5.91 Å². The van der Waals surface area contributed by atoms with Crippen molar-refractivity contribution >= 4 is 39.0 Å². The number of halogens is 1. The van der Waals surface area contributed by atoms with E-state index in [-0.39, 0.29) is 18.0 Å². The molecule has 1 N–H and O–H groups in total. The van der Waals surface area contributed by atoms with Crippen molar-refractivity contribution < 1.29 is 9.18 Å². The summed E-state index contributed by atoms with van der Waals surface area (Å²) in [5.74, 6) is -0.442. The quantitative estimate of drug-likeness (QED) is 0.550. The minimum absolute atomic E-state index is 0.0133. The van der Waals surface area contributed by atoms with Gasteiger partial charge in [-0.3, -0.25) is 14.3 Å². The van der Waals surface area contributed by atoms with E-state index in [2.05, 4.69) is 10.4 Å². The standard InChI is InChI=1S/C23H22FN5O2/c1-27-22-16(13-25-27)11-17(12-18(22)24)26-19-6-4-5-15-7-10-29(23(31)21(15)19)14-20(30)28-8-2-3-9-28/h4-7,10-13,26H,2-3,8-9,14H2,1H3. The minimum Gasteiger partial charge on any atom is -0.355 e. The fraction of sp³-hybridized carbons (Fsp3) is 0.261. The Balaban J connectivity index is 1.53. The third-order valence-electron chi connectivity index (χ3n) is 5.84. The third-order valence-corrected chi connectivity index (χ3v) is 5.84. The van der Waals surface area contributed by atoms with Gasteiger partial charge in [0.15, 0.2) is 5.82 Å². The van der Waals surface area contributed by atoms with E-state index in [1.165, 1.54) is 15.3 Å². The first-order valence-corrected chi connectivity index (χ1v) is 10.3. The number of anilines is 2. The summed E-state index contributed by atoms with van der Waals surface area (Å²) < 4.78 is 17.5. The molecule has 1 aliphatic heterocycles. The molecule has 8 heteroatoms. The van der Waals surface area contributed by atoms with Gasteiger partial charge in [0, 0.05) is 37.4 Å². The number of nitrogens with one attached hydrogen (secondary N) is 1. The lowest BCUT2D eigenvalue weighted by molar-refractivity contribution is -0.130. The average Bonchev–Trinajstić information content (AvgIpc) is 3.41. The lowest BCUT2D eigenvalue weighted by Gasteiger charge is -2.17. The highest BCUT2D eigenvalue weighted by Crippen LogP contribution is 2.28. The number of rotatable bonds is 4. The van der Waals surface area contributed by atoms with Gasteiger partial charge < -0.3 is 14.8 Å². The van der Waals surface area contributed by atoms with Crippen LogP contribution in [0, 0.1) is 5.82 Å². The van der Waals surface area contributed by atoms with Crippen LogP contribution < -0.4 is 10.9 Å². The molecule has 0 radical (unpaired) electrons. The molecular formula is C23H22FN5O2. The fourth-order valence-electron chi connectivity index (χ4n) is 4.26. The van der Waals surface area contributed by atoms with Crippen molar-refractivity contribution in [2.24, 2.45) is 7.05 Å². The molecule has 2 aromatic heterocycles. The van der Waals surface area contributed by atoms with Gasteiger partial charge in [-0.05, 0) is 42.5 Å². The van der Waals surface area contributed by atoms with Crippen LogP contribution in [-0.4, -0.2) is 38.2 Å². The first kappa shape index (κ1) is 19.3. The Morgan fingerprint density at radius 3 is 2.77 bits per heavy atom. The normalized spacial score (nSPS) is 13.9. The largest absolute Gasteiger partial charge is 0.355 e. The smallest absolute Gasteiger partial charge is 0.261 e. The summed E-state index contributed by atoms with van der Waals surface area (Å²) >= 11 is 0. The predicted molar refractivity (Wildman–Crippen MR) is 118 cm³/mol. The predicted octanol–water partition coefficient (Wildman–Crippen LogP) is 3.39. The molecule has 3 heterocycles. The van der Waals surface area contributed by atoms with Gasteiger partial charge in [0.05, 0.1) is 17.3 Å². The number of amides is 1. The molecule has 1 aliphatic rings. The minimum atomic E-state index is -0.395. The first-order chi connectivity index (χ1) is 15.0. The SMILES string of the molecule is Cn1ncc2cc(Nc3cccc4ccn(CC(=O)N5CCCC5)c(=O)c34)cc(F)c21. The van der Waals surface area contributed by atoms with Crippen LogP contribution in [0.3, 0.4) is 0 Å². The molecule has 158 valence electrons. The Bertz CT molecular complexity index is 1370. The molecule has 0 aliphatic carbocycles. The Morgan fingerprint density at radius 1 is 1.16 bits per heavy atom. The number of carbonyl (C=O) groups is 1. The van der Waals surface area contributed by atoms with Gasteiger partial charge in [-0.15, -0.1) is 0 Å². The fourth-order valence-corrected chi connectivity index (χ4v) is 4.26. The summed E-state index contributed by atoms with van der Waals surface area (Å²) in [5.41, 5.74) is 1.25. The van der Waals surface area contributed by atoms with E-state index in [1.807, 2.05) is 18.2 Å². The number of nitrogens with zero attached hydrogens (tertiary/aromatic N) is 4. The number of carbonyl (C=O) groups excluding carboxylic acids is 1. The number of fused-ring (bicyclic) bond motifs is 2. The second-order valence-electron chi connectivity index (χ2n) is 7.90. The van der Waals surface area contributed by atoms with Gasteiger partial charge in [0.1, 0.15) is 12.1 Å². The van der Waals surface area contributed by atoms with Crippen molar-refractivity contribution in [3.63, 3.8) is 0 Å². The zero-order valence-electron chi connectivity index (χ0n) is 17.1. The van der Waals surface area contributed by atoms with Crippen molar-refractivity contribution in [1.82, 2.24) is 19.2 Å². The van der Waals surface area contributed by atoms with Gasteiger partial charge in [-0.2, -0.15) is 5.10 Å². The Labute approximate surface area is 177 Å². The Hall–Kier alpha value is -3.68. The van der Waals surface area contributed by atoms with Crippen LogP contribution in [0.4, 0.5) is 15.8 Å². The van der Waals surface area contributed by atoms with E-state index in [1.54, 1.807) is 36.5 Å². The molecule has 0 saturated carbocycles. The maximum Gasteiger partial charge on any atom is 0.261 e. The molecule has 0 bridgehead atoms. The summed E-state index contributed by atoms with van der Waals surface area (Å²) in [7, 11) is 1.69. The summed E-state index contributed by atoms with van der Waals surface area (Å²) in [5, 5.41) is 9.16. The molecule has 5 rings (SSSR count). The molecule has 1 saturated heterocycles. The summed E-state index contributed by atoms with van der Waals surface area (Å²) in [6.45, 7) is 1.51. The number of aromatic nitrogens is 3. The molecule has 4 aromatic rings. The van der Waals surface area contributed by atoms with Crippen molar-refractivity contribution in [3.05, 3.63) is 65.0 Å². The first-order valence-electron chi connectivity index (χ1n) is 10.3. The molecule has 1 amide bonds. The highest BCUT2D eigenvalue weighted by molar-refractivity contribution is 5.95. The van der Waals surface area contributed by atoms with E-state index < -0.39 is 5.82 Å². The van der Waals surface area contributed by atoms with Gasteiger partial charge in [-0.25, -0.2) is 4.39 Å². The van der Waals surface area contributed by atoms with Crippen LogP contribution in [-0.2, 0) is 18.4 Å². The number of pyridine rings is 1. The molecule has 0 unspecified atom stereocenters. The third kappa shape index (κ3) is 3.43. The zero-order valence-corrected chi connectivity index (χ0v) is 17.1. The maximum absolute atomic E-state index is 14.6. The average molecular weight is 419 g/mol. The highest BCUT2D eigenvalue weighted by atomic mass is 19.1. The van der Waals surface area contributed by atoms with Crippen molar-refractivity contribution in [1.29, 1.82) is 0 Å². The summed E-state index contributed by atoms with van der Waals surface area (Å²) in [6.07, 6.45) is 5.27. The van der Waals surface area contributed by atoms with E-state index >= 15 is 0 Å². The highest BCUT2D eigenvalue weighted by Gasteiger charge is 2.19. The van der Waals surface area contributed by atoms with Crippen molar-refractivity contribution in [2.45, 2.75) is 19.4 Å². The number of benzene rings is 2. The Morgan fingerprint density at radius 2 is 1.97 bits per heavy atom. The van der Waals surface area contributed by atoms with Gasteiger partial charge in [-0.1, -0.05) is 12.1 Å². The van der Waals surface area contributed by atoms with E-state index in [0.717, 1.165) is 31.3 Å². The van der Waals surface area contributed by atoms with E-state index in [0.29, 0.717) is 27.7 Å². The number of hydrogen-bond acceptors (Lipinski definition) is 4. The lowest BCUT2D eigenvalue weighted by atomic mass is 10.1. The Kier molecular flexibility index (Phi) is 4.69. The van der Waals surface area contributed by atoms with Crippen LogP contribution >= 0.6 is 0 Å². The van der Waals surface area contributed by atoms with Crippen LogP contribution in [0.15, 0.2) is 53.6 Å². The van der Waals surface area contributed by atoms with Crippen LogP contribution in [0.2, 0.25) is 0 Å². The van der Waals surface area contributed by atoms with Crippen LogP contribution in [0.1, 0.15) is 12.8 Å². The second-order valence-corrected chi connectivity index (χ2v) is 7.90. The number of hydrogen-bond donors (Lipinski definition) is 1.